The molecule has 3 aliphatic rings. The van der Waals surface area contributed by atoms with E-state index in [0.717, 1.165) is 23.9 Å². The van der Waals surface area contributed by atoms with Crippen LogP contribution in [0.3, 0.4) is 0 Å². The predicted molar refractivity (Wildman–Crippen MR) is 81.0 cm³/mol. The lowest BCUT2D eigenvalue weighted by molar-refractivity contribution is -0.954. The van der Waals surface area contributed by atoms with Crippen molar-refractivity contribution in [2.24, 2.45) is 0 Å². The summed E-state index contributed by atoms with van der Waals surface area (Å²) in [5.41, 5.74) is 3.02. The SMILES string of the molecule is COc1cccc2c1CCC([N+](C)(C1CC1)C1CC1)C2. The molecule has 108 valence electrons. The number of hydrogen-bond acceptors (Lipinski definition) is 1. The zero-order chi connectivity index (χ0) is 13.7. The van der Waals surface area contributed by atoms with E-state index in [1.54, 1.807) is 12.7 Å². The first-order chi connectivity index (χ1) is 9.73. The highest BCUT2D eigenvalue weighted by Crippen LogP contribution is 2.47. The van der Waals surface area contributed by atoms with Crippen molar-refractivity contribution in [1.29, 1.82) is 0 Å². The molecular weight excluding hydrogens is 246 g/mol. The fourth-order valence-corrected chi connectivity index (χ4v) is 4.58. The Morgan fingerprint density at radius 1 is 1.00 bits per heavy atom. The molecule has 0 radical (unpaired) electrons. The summed E-state index contributed by atoms with van der Waals surface area (Å²) in [6, 6.07) is 9.40. The third-order valence-corrected chi connectivity index (χ3v) is 6.09. The van der Waals surface area contributed by atoms with Gasteiger partial charge in [0.25, 0.3) is 0 Å². The Hall–Kier alpha value is -1.02. The van der Waals surface area contributed by atoms with Crippen LogP contribution in [0.2, 0.25) is 0 Å². The lowest BCUT2D eigenvalue weighted by atomic mass is 9.85. The molecule has 0 N–H and O–H groups in total. The molecular formula is C18H26NO+. The first kappa shape index (κ1) is 12.7. The largest absolute Gasteiger partial charge is 0.496 e. The predicted octanol–water partition coefficient (Wildman–Crippen LogP) is 3.32. The number of rotatable bonds is 4. The maximum absolute atomic E-state index is 5.55. The molecule has 20 heavy (non-hydrogen) atoms. The van der Waals surface area contributed by atoms with Gasteiger partial charge in [0.1, 0.15) is 5.75 Å². The van der Waals surface area contributed by atoms with Gasteiger partial charge >= 0.3 is 0 Å². The van der Waals surface area contributed by atoms with E-state index < -0.39 is 0 Å². The van der Waals surface area contributed by atoms with Gasteiger partial charge in [0, 0.05) is 38.5 Å². The van der Waals surface area contributed by atoms with E-state index in [2.05, 4.69) is 25.2 Å². The van der Waals surface area contributed by atoms with Gasteiger partial charge in [-0.1, -0.05) is 12.1 Å². The van der Waals surface area contributed by atoms with E-state index in [1.165, 1.54) is 55.0 Å². The lowest BCUT2D eigenvalue weighted by Gasteiger charge is -2.45. The standard InChI is InChI=1S/C18H26NO/c1-19(14-6-7-14,15-8-9-15)16-10-11-17-13(12-16)4-3-5-18(17)20-2/h3-5,14-16H,6-12H2,1-2H3/q+1. The first-order valence-electron chi connectivity index (χ1n) is 8.23. The second-order valence-electron chi connectivity index (χ2n) is 7.18. The molecule has 1 atom stereocenters. The summed E-state index contributed by atoms with van der Waals surface area (Å²) in [4.78, 5) is 0. The topological polar surface area (TPSA) is 9.23 Å². The van der Waals surface area contributed by atoms with Gasteiger partial charge in [0.05, 0.1) is 32.3 Å². The summed E-state index contributed by atoms with van der Waals surface area (Å²) >= 11 is 0. The number of nitrogens with zero attached hydrogens (tertiary/aromatic N) is 1. The molecule has 2 heteroatoms. The van der Waals surface area contributed by atoms with Crippen LogP contribution >= 0.6 is 0 Å². The summed E-state index contributed by atoms with van der Waals surface area (Å²) in [6.07, 6.45) is 9.68. The van der Waals surface area contributed by atoms with Gasteiger partial charge in [-0.05, 0) is 23.6 Å². The maximum Gasteiger partial charge on any atom is 0.122 e. The van der Waals surface area contributed by atoms with Crippen LogP contribution in [-0.4, -0.2) is 36.8 Å². The number of methoxy groups -OCH3 is 1. The Labute approximate surface area is 122 Å². The van der Waals surface area contributed by atoms with Crippen LogP contribution in [0.15, 0.2) is 18.2 Å². The van der Waals surface area contributed by atoms with Gasteiger partial charge in [0.2, 0.25) is 0 Å². The Morgan fingerprint density at radius 2 is 1.70 bits per heavy atom. The summed E-state index contributed by atoms with van der Waals surface area (Å²) < 4.78 is 6.93. The lowest BCUT2D eigenvalue weighted by Crippen LogP contribution is -2.57. The fourth-order valence-electron chi connectivity index (χ4n) is 4.58. The van der Waals surface area contributed by atoms with Crippen molar-refractivity contribution < 1.29 is 9.22 Å². The molecule has 0 aromatic heterocycles. The second-order valence-corrected chi connectivity index (χ2v) is 7.18. The van der Waals surface area contributed by atoms with E-state index in [9.17, 15) is 0 Å². The highest BCUT2D eigenvalue weighted by molar-refractivity contribution is 5.42. The number of fused-ring (bicyclic) bond motifs is 1. The van der Waals surface area contributed by atoms with Gasteiger partial charge < -0.3 is 9.22 Å². The highest BCUT2D eigenvalue weighted by atomic mass is 16.5. The molecule has 2 fully saturated rings. The number of ether oxygens (including phenoxy) is 1. The molecule has 3 aliphatic carbocycles. The number of benzene rings is 1. The Bertz CT molecular complexity index is 504. The monoisotopic (exact) mass is 272 g/mol. The minimum Gasteiger partial charge on any atom is -0.496 e. The van der Waals surface area contributed by atoms with Gasteiger partial charge in [-0.2, -0.15) is 0 Å². The Morgan fingerprint density at radius 3 is 2.30 bits per heavy atom. The average molecular weight is 272 g/mol. The van der Waals surface area contributed by atoms with Gasteiger partial charge in [0.15, 0.2) is 0 Å². The summed E-state index contributed by atoms with van der Waals surface area (Å²) in [5, 5.41) is 0. The third kappa shape index (κ3) is 1.88. The van der Waals surface area contributed by atoms with E-state index in [1.807, 2.05) is 0 Å². The Balaban J connectivity index is 1.63. The molecule has 1 aromatic carbocycles. The fraction of sp³-hybridized carbons (Fsp3) is 0.667. The molecule has 0 amide bonds. The van der Waals surface area contributed by atoms with Crippen LogP contribution in [0.4, 0.5) is 0 Å². The van der Waals surface area contributed by atoms with Crippen LogP contribution < -0.4 is 4.74 Å². The van der Waals surface area contributed by atoms with E-state index in [0.29, 0.717) is 0 Å². The van der Waals surface area contributed by atoms with E-state index in [4.69, 9.17) is 4.74 Å². The van der Waals surface area contributed by atoms with Crippen LogP contribution in [0.25, 0.3) is 0 Å². The number of hydrogen-bond donors (Lipinski definition) is 0. The first-order valence-corrected chi connectivity index (χ1v) is 8.23. The molecule has 0 aliphatic heterocycles. The Kier molecular flexibility index (Phi) is 2.85. The zero-order valence-corrected chi connectivity index (χ0v) is 12.8. The molecule has 4 rings (SSSR count). The summed E-state index contributed by atoms with van der Waals surface area (Å²) in [6.45, 7) is 0. The van der Waals surface area contributed by atoms with Crippen molar-refractivity contribution in [2.45, 2.75) is 63.1 Å². The highest BCUT2D eigenvalue weighted by Gasteiger charge is 2.55. The number of likely N-dealkylation sites (N-methyl/N-ethyl adjacent to an activating group) is 1. The van der Waals surface area contributed by atoms with E-state index in [-0.39, 0.29) is 0 Å². The van der Waals surface area contributed by atoms with Crippen LogP contribution in [0.5, 0.6) is 5.75 Å². The van der Waals surface area contributed by atoms with Crippen molar-refractivity contribution in [3.05, 3.63) is 29.3 Å². The molecule has 1 aromatic rings. The second kappa shape index (κ2) is 4.49. The van der Waals surface area contributed by atoms with Crippen LogP contribution in [0.1, 0.15) is 43.2 Å². The van der Waals surface area contributed by atoms with E-state index >= 15 is 0 Å². The normalized spacial score (nSPS) is 26.2. The van der Waals surface area contributed by atoms with Crippen molar-refractivity contribution in [3.63, 3.8) is 0 Å². The molecule has 0 spiro atoms. The molecule has 2 nitrogen and oxygen atoms in total. The minimum atomic E-state index is 0.842. The number of quaternary nitrogens is 1. The molecule has 1 unspecified atom stereocenters. The molecule has 0 heterocycles. The van der Waals surface area contributed by atoms with Crippen molar-refractivity contribution in [1.82, 2.24) is 0 Å². The summed E-state index contributed by atoms with van der Waals surface area (Å²) in [7, 11) is 4.36. The van der Waals surface area contributed by atoms with Crippen molar-refractivity contribution in [2.75, 3.05) is 14.2 Å². The van der Waals surface area contributed by atoms with Gasteiger partial charge in [-0.15, -0.1) is 0 Å². The van der Waals surface area contributed by atoms with Crippen LogP contribution in [0, 0.1) is 0 Å². The average Bonchev–Trinajstić information content (AvgIpc) is 3.36. The van der Waals surface area contributed by atoms with Gasteiger partial charge in [-0.3, -0.25) is 0 Å². The zero-order valence-electron chi connectivity index (χ0n) is 12.8. The smallest absolute Gasteiger partial charge is 0.122 e. The maximum atomic E-state index is 5.55. The summed E-state index contributed by atoms with van der Waals surface area (Å²) in [5.74, 6) is 1.10. The third-order valence-electron chi connectivity index (χ3n) is 6.09. The molecule has 0 saturated heterocycles. The van der Waals surface area contributed by atoms with Crippen molar-refractivity contribution >= 4 is 0 Å². The van der Waals surface area contributed by atoms with Crippen LogP contribution in [-0.2, 0) is 12.8 Å². The molecule has 2 saturated carbocycles. The minimum absolute atomic E-state index is 0.842. The van der Waals surface area contributed by atoms with Crippen molar-refractivity contribution in [3.8, 4) is 5.75 Å². The quantitative estimate of drug-likeness (QED) is 0.764. The van der Waals surface area contributed by atoms with Gasteiger partial charge in [-0.25, -0.2) is 0 Å². The molecule has 0 bridgehead atoms.